The van der Waals surface area contributed by atoms with E-state index in [1.54, 1.807) is 0 Å². The predicted octanol–water partition coefficient (Wildman–Crippen LogP) is 2.48. The van der Waals surface area contributed by atoms with Gasteiger partial charge < -0.3 is 5.32 Å². The minimum atomic E-state index is -0.396. The third-order valence-electron chi connectivity index (χ3n) is 4.27. The van der Waals surface area contributed by atoms with E-state index in [2.05, 4.69) is 5.32 Å². The Morgan fingerprint density at radius 2 is 1.75 bits per heavy atom. The lowest BCUT2D eigenvalue weighted by Crippen LogP contribution is -2.42. The van der Waals surface area contributed by atoms with Crippen LogP contribution in [0.4, 0.5) is 4.79 Å². The van der Waals surface area contributed by atoms with Gasteiger partial charge in [-0.2, -0.15) is 0 Å². The van der Waals surface area contributed by atoms with Gasteiger partial charge in [0.2, 0.25) is 0 Å². The topological polar surface area (TPSA) is 49.4 Å². The Morgan fingerprint density at radius 1 is 1.05 bits per heavy atom. The van der Waals surface area contributed by atoms with E-state index in [1.165, 1.54) is 11.3 Å². The lowest BCUT2D eigenvalue weighted by atomic mass is 9.94. The number of nitrogens with one attached hydrogen (secondary N) is 1. The molecule has 3 rings (SSSR count). The number of hydrogen-bond donors (Lipinski definition) is 1. The molecule has 1 N–H and O–H groups in total. The van der Waals surface area contributed by atoms with Gasteiger partial charge in [0.15, 0.2) is 0 Å². The largest absolute Gasteiger partial charge is 0.325 e. The first-order chi connectivity index (χ1) is 9.75. The summed E-state index contributed by atoms with van der Waals surface area (Å²) >= 11 is 0. The van der Waals surface area contributed by atoms with Crippen LogP contribution in [-0.2, 0) is 11.2 Å². The number of imide groups is 1. The fourth-order valence-corrected chi connectivity index (χ4v) is 3.22. The third kappa shape index (κ3) is 2.55. The van der Waals surface area contributed by atoms with Crippen LogP contribution in [0.2, 0.25) is 0 Å². The SMILES string of the molecule is O=C1NC(Cc2ccccc2)C(=O)N1C1CCCCC1. The van der Waals surface area contributed by atoms with Crippen molar-refractivity contribution >= 4 is 11.9 Å². The van der Waals surface area contributed by atoms with Crippen molar-refractivity contribution in [2.45, 2.75) is 50.6 Å². The van der Waals surface area contributed by atoms with E-state index in [-0.39, 0.29) is 18.0 Å². The smallest absolute Gasteiger partial charge is 0.325 e. The van der Waals surface area contributed by atoms with Crippen molar-refractivity contribution in [1.82, 2.24) is 10.2 Å². The van der Waals surface area contributed by atoms with Crippen LogP contribution in [0.25, 0.3) is 0 Å². The maximum atomic E-state index is 12.5. The molecule has 1 aromatic rings. The molecule has 2 fully saturated rings. The second-order valence-corrected chi connectivity index (χ2v) is 5.69. The molecule has 1 aromatic carbocycles. The van der Waals surface area contributed by atoms with E-state index < -0.39 is 6.04 Å². The van der Waals surface area contributed by atoms with Crippen molar-refractivity contribution < 1.29 is 9.59 Å². The Bertz CT molecular complexity index is 494. The minimum absolute atomic E-state index is 0.0502. The quantitative estimate of drug-likeness (QED) is 0.859. The average molecular weight is 272 g/mol. The highest BCUT2D eigenvalue weighted by molar-refractivity contribution is 6.04. The van der Waals surface area contributed by atoms with Crippen LogP contribution in [0.5, 0.6) is 0 Å². The summed E-state index contributed by atoms with van der Waals surface area (Å²) in [5.74, 6) is -0.0502. The molecule has 0 spiro atoms. The highest BCUT2D eigenvalue weighted by atomic mass is 16.2. The zero-order valence-corrected chi connectivity index (χ0v) is 11.5. The van der Waals surface area contributed by atoms with Gasteiger partial charge in [0, 0.05) is 12.5 Å². The zero-order valence-electron chi connectivity index (χ0n) is 11.5. The lowest BCUT2D eigenvalue weighted by molar-refractivity contribution is -0.129. The van der Waals surface area contributed by atoms with E-state index in [0.717, 1.165) is 31.2 Å². The second kappa shape index (κ2) is 5.65. The molecule has 1 aliphatic carbocycles. The monoisotopic (exact) mass is 272 g/mol. The van der Waals surface area contributed by atoms with Crippen LogP contribution in [0, 0.1) is 0 Å². The van der Waals surface area contributed by atoms with Crippen LogP contribution in [0.15, 0.2) is 30.3 Å². The van der Waals surface area contributed by atoms with Crippen LogP contribution >= 0.6 is 0 Å². The molecule has 1 atom stereocenters. The fourth-order valence-electron chi connectivity index (χ4n) is 3.22. The van der Waals surface area contributed by atoms with Gasteiger partial charge in [0.25, 0.3) is 5.91 Å². The Balaban J connectivity index is 1.70. The summed E-state index contributed by atoms with van der Waals surface area (Å²) in [6.07, 6.45) is 5.94. The Kier molecular flexibility index (Phi) is 3.72. The summed E-state index contributed by atoms with van der Waals surface area (Å²) in [5, 5.41) is 2.84. The van der Waals surface area contributed by atoms with Gasteiger partial charge in [0.1, 0.15) is 6.04 Å². The van der Waals surface area contributed by atoms with Crippen LogP contribution in [0.3, 0.4) is 0 Å². The number of nitrogens with zero attached hydrogens (tertiary/aromatic N) is 1. The Morgan fingerprint density at radius 3 is 2.45 bits per heavy atom. The van der Waals surface area contributed by atoms with E-state index in [1.807, 2.05) is 30.3 Å². The number of amides is 3. The first-order valence-electron chi connectivity index (χ1n) is 7.43. The molecule has 1 unspecified atom stereocenters. The van der Waals surface area contributed by atoms with Crippen molar-refractivity contribution in [3.05, 3.63) is 35.9 Å². The van der Waals surface area contributed by atoms with Gasteiger partial charge in [-0.05, 0) is 18.4 Å². The average Bonchev–Trinajstić information content (AvgIpc) is 2.75. The first kappa shape index (κ1) is 13.2. The molecular weight excluding hydrogens is 252 g/mol. The molecule has 3 amide bonds. The maximum Gasteiger partial charge on any atom is 0.325 e. The van der Waals surface area contributed by atoms with E-state index >= 15 is 0 Å². The molecule has 4 heteroatoms. The fraction of sp³-hybridized carbons (Fsp3) is 0.500. The lowest BCUT2D eigenvalue weighted by Gasteiger charge is -2.28. The molecule has 4 nitrogen and oxygen atoms in total. The molecule has 20 heavy (non-hydrogen) atoms. The van der Waals surface area contributed by atoms with E-state index in [9.17, 15) is 9.59 Å². The summed E-state index contributed by atoms with van der Waals surface area (Å²) in [6, 6.07) is 9.34. The first-order valence-corrected chi connectivity index (χ1v) is 7.43. The minimum Gasteiger partial charge on any atom is -0.325 e. The molecule has 0 bridgehead atoms. The Hall–Kier alpha value is -1.84. The van der Waals surface area contributed by atoms with Crippen molar-refractivity contribution in [3.8, 4) is 0 Å². The van der Waals surface area contributed by atoms with Crippen molar-refractivity contribution in [2.75, 3.05) is 0 Å². The van der Waals surface area contributed by atoms with Gasteiger partial charge in [-0.1, -0.05) is 49.6 Å². The maximum absolute atomic E-state index is 12.5. The van der Waals surface area contributed by atoms with Gasteiger partial charge in [-0.15, -0.1) is 0 Å². The molecule has 1 aliphatic heterocycles. The number of carbonyl (C=O) groups is 2. The molecule has 1 heterocycles. The molecule has 1 saturated heterocycles. The second-order valence-electron chi connectivity index (χ2n) is 5.69. The highest BCUT2D eigenvalue weighted by Crippen LogP contribution is 2.26. The van der Waals surface area contributed by atoms with Crippen molar-refractivity contribution in [2.24, 2.45) is 0 Å². The number of benzene rings is 1. The molecular formula is C16H20N2O2. The summed E-state index contributed by atoms with van der Waals surface area (Å²) in [6.45, 7) is 0. The van der Waals surface area contributed by atoms with E-state index in [0.29, 0.717) is 6.42 Å². The number of rotatable bonds is 3. The standard InChI is InChI=1S/C16H20N2O2/c19-15-14(11-12-7-3-1-4-8-12)17-16(20)18(15)13-9-5-2-6-10-13/h1,3-4,7-8,13-14H,2,5-6,9-11H2,(H,17,20). The number of urea groups is 1. The highest BCUT2D eigenvalue weighted by Gasteiger charge is 2.41. The van der Waals surface area contributed by atoms with Crippen molar-refractivity contribution in [1.29, 1.82) is 0 Å². The molecule has 106 valence electrons. The van der Waals surface area contributed by atoms with Gasteiger partial charge in [0.05, 0.1) is 0 Å². The van der Waals surface area contributed by atoms with Crippen molar-refractivity contribution in [3.63, 3.8) is 0 Å². The normalized spacial score (nSPS) is 24.0. The molecule has 1 saturated carbocycles. The zero-order chi connectivity index (χ0) is 13.9. The third-order valence-corrected chi connectivity index (χ3v) is 4.27. The molecule has 0 radical (unpaired) electrons. The summed E-state index contributed by atoms with van der Waals surface area (Å²) in [4.78, 5) is 26.0. The predicted molar refractivity (Wildman–Crippen MR) is 76.2 cm³/mol. The van der Waals surface area contributed by atoms with Gasteiger partial charge >= 0.3 is 6.03 Å². The number of carbonyl (C=O) groups excluding carboxylic acids is 2. The summed E-state index contributed by atoms with van der Waals surface area (Å²) in [5.41, 5.74) is 1.08. The summed E-state index contributed by atoms with van der Waals surface area (Å²) in [7, 11) is 0. The van der Waals surface area contributed by atoms with Crippen LogP contribution < -0.4 is 5.32 Å². The van der Waals surface area contributed by atoms with E-state index in [4.69, 9.17) is 0 Å². The molecule has 0 aromatic heterocycles. The number of hydrogen-bond acceptors (Lipinski definition) is 2. The van der Waals surface area contributed by atoms with Gasteiger partial charge in [-0.25, -0.2) is 4.79 Å². The van der Waals surface area contributed by atoms with Crippen LogP contribution in [-0.4, -0.2) is 28.9 Å². The molecule has 2 aliphatic rings. The van der Waals surface area contributed by atoms with Gasteiger partial charge in [-0.3, -0.25) is 9.69 Å². The summed E-state index contributed by atoms with van der Waals surface area (Å²) < 4.78 is 0. The van der Waals surface area contributed by atoms with Crippen LogP contribution in [0.1, 0.15) is 37.7 Å². The Labute approximate surface area is 119 Å².